The SMILES string of the molecule is CSC1(CN2CC(=O)NC3(CCCC3)C2=O)CCCCC1. The Labute approximate surface area is 131 Å². The van der Waals surface area contributed by atoms with Crippen molar-refractivity contribution in [2.24, 2.45) is 0 Å². The molecule has 2 saturated carbocycles. The summed E-state index contributed by atoms with van der Waals surface area (Å²) >= 11 is 1.90. The van der Waals surface area contributed by atoms with Crippen molar-refractivity contribution < 1.29 is 9.59 Å². The first-order valence-electron chi connectivity index (χ1n) is 8.25. The van der Waals surface area contributed by atoms with Gasteiger partial charge in [-0.25, -0.2) is 0 Å². The number of piperazine rings is 1. The summed E-state index contributed by atoms with van der Waals surface area (Å²) in [7, 11) is 0. The van der Waals surface area contributed by atoms with Crippen LogP contribution in [0.2, 0.25) is 0 Å². The maximum absolute atomic E-state index is 12.9. The van der Waals surface area contributed by atoms with Gasteiger partial charge in [-0.1, -0.05) is 32.1 Å². The summed E-state index contributed by atoms with van der Waals surface area (Å²) in [5.74, 6) is 0.210. The van der Waals surface area contributed by atoms with Gasteiger partial charge in [0.1, 0.15) is 5.54 Å². The van der Waals surface area contributed by atoms with Gasteiger partial charge in [0, 0.05) is 11.3 Å². The predicted molar refractivity (Wildman–Crippen MR) is 85.3 cm³/mol. The topological polar surface area (TPSA) is 49.4 Å². The van der Waals surface area contributed by atoms with E-state index in [2.05, 4.69) is 11.6 Å². The fourth-order valence-electron chi connectivity index (χ4n) is 4.32. The van der Waals surface area contributed by atoms with E-state index in [-0.39, 0.29) is 23.1 Å². The molecule has 0 aromatic rings. The fourth-order valence-corrected chi connectivity index (χ4v) is 5.31. The van der Waals surface area contributed by atoms with E-state index in [0.717, 1.165) is 32.2 Å². The second kappa shape index (κ2) is 5.82. The van der Waals surface area contributed by atoms with Gasteiger partial charge >= 0.3 is 0 Å². The number of hydrogen-bond donors (Lipinski definition) is 1. The summed E-state index contributed by atoms with van der Waals surface area (Å²) in [6.45, 7) is 1.01. The van der Waals surface area contributed by atoms with Crippen LogP contribution in [0.25, 0.3) is 0 Å². The van der Waals surface area contributed by atoms with E-state index in [0.29, 0.717) is 0 Å². The Kier molecular flexibility index (Phi) is 4.21. The molecule has 1 saturated heterocycles. The normalized spacial score (nSPS) is 28.0. The first kappa shape index (κ1) is 15.2. The van der Waals surface area contributed by atoms with Crippen LogP contribution in [-0.4, -0.2) is 46.3 Å². The van der Waals surface area contributed by atoms with Gasteiger partial charge in [-0.2, -0.15) is 11.8 Å². The monoisotopic (exact) mass is 310 g/mol. The molecule has 3 rings (SSSR count). The van der Waals surface area contributed by atoms with Crippen LogP contribution in [0.5, 0.6) is 0 Å². The molecule has 5 heteroatoms. The molecule has 0 bridgehead atoms. The largest absolute Gasteiger partial charge is 0.340 e. The molecule has 1 N–H and O–H groups in total. The van der Waals surface area contributed by atoms with Gasteiger partial charge in [-0.15, -0.1) is 0 Å². The quantitative estimate of drug-likeness (QED) is 0.870. The zero-order valence-corrected chi connectivity index (χ0v) is 13.8. The second-order valence-electron chi connectivity index (χ2n) is 6.95. The molecule has 0 aromatic heterocycles. The van der Waals surface area contributed by atoms with Gasteiger partial charge in [0.25, 0.3) is 0 Å². The molecule has 0 atom stereocenters. The van der Waals surface area contributed by atoms with Crippen molar-refractivity contribution in [1.82, 2.24) is 10.2 Å². The lowest BCUT2D eigenvalue weighted by molar-refractivity contribution is -0.150. The van der Waals surface area contributed by atoms with Crippen LogP contribution >= 0.6 is 11.8 Å². The maximum atomic E-state index is 12.9. The van der Waals surface area contributed by atoms with E-state index in [4.69, 9.17) is 0 Å². The van der Waals surface area contributed by atoms with Crippen LogP contribution in [0.4, 0.5) is 0 Å². The maximum Gasteiger partial charge on any atom is 0.248 e. The minimum atomic E-state index is -0.566. The Hall–Kier alpha value is -0.710. The number of rotatable bonds is 3. The van der Waals surface area contributed by atoms with Crippen molar-refractivity contribution >= 4 is 23.6 Å². The minimum Gasteiger partial charge on any atom is -0.340 e. The summed E-state index contributed by atoms with van der Waals surface area (Å²) in [6, 6.07) is 0. The highest BCUT2D eigenvalue weighted by atomic mass is 32.2. The lowest BCUT2D eigenvalue weighted by Crippen LogP contribution is -2.67. The molecule has 2 amide bonds. The van der Waals surface area contributed by atoms with Crippen molar-refractivity contribution in [3.8, 4) is 0 Å². The lowest BCUT2D eigenvalue weighted by atomic mass is 9.86. The van der Waals surface area contributed by atoms with Crippen LogP contribution < -0.4 is 5.32 Å². The number of nitrogens with one attached hydrogen (secondary N) is 1. The van der Waals surface area contributed by atoms with Gasteiger partial charge in [0.15, 0.2) is 0 Å². The summed E-state index contributed by atoms with van der Waals surface area (Å²) < 4.78 is 0.172. The third kappa shape index (κ3) is 2.81. The van der Waals surface area contributed by atoms with E-state index in [1.54, 1.807) is 0 Å². The Bertz CT molecular complexity index is 426. The molecule has 0 unspecified atom stereocenters. The molecule has 3 aliphatic rings. The first-order chi connectivity index (χ1) is 10.1. The van der Waals surface area contributed by atoms with Gasteiger partial charge < -0.3 is 10.2 Å². The summed E-state index contributed by atoms with van der Waals surface area (Å²) in [5, 5.41) is 3.00. The van der Waals surface area contributed by atoms with Crippen LogP contribution in [0.15, 0.2) is 0 Å². The van der Waals surface area contributed by atoms with Crippen LogP contribution in [0.3, 0.4) is 0 Å². The summed E-state index contributed by atoms with van der Waals surface area (Å²) in [6.07, 6.45) is 12.0. The average molecular weight is 310 g/mol. The number of nitrogens with zero attached hydrogens (tertiary/aromatic N) is 1. The van der Waals surface area contributed by atoms with Crippen LogP contribution in [0, 0.1) is 0 Å². The average Bonchev–Trinajstić information content (AvgIpc) is 2.94. The molecular weight excluding hydrogens is 284 g/mol. The van der Waals surface area contributed by atoms with Crippen LogP contribution in [0.1, 0.15) is 57.8 Å². The van der Waals surface area contributed by atoms with E-state index < -0.39 is 5.54 Å². The molecule has 1 spiro atoms. The Morgan fingerprint density at radius 2 is 1.67 bits per heavy atom. The molecule has 0 aromatic carbocycles. The summed E-state index contributed by atoms with van der Waals surface area (Å²) in [4.78, 5) is 26.9. The van der Waals surface area contributed by atoms with Gasteiger partial charge in [-0.3, -0.25) is 9.59 Å². The highest BCUT2D eigenvalue weighted by Gasteiger charge is 2.49. The molecule has 118 valence electrons. The molecule has 1 heterocycles. The number of amides is 2. The van der Waals surface area contributed by atoms with E-state index in [9.17, 15) is 9.59 Å². The molecule has 1 aliphatic heterocycles. The number of carbonyl (C=O) groups excluding carboxylic acids is 2. The minimum absolute atomic E-state index is 0.0311. The van der Waals surface area contributed by atoms with Crippen molar-refractivity contribution in [2.75, 3.05) is 19.3 Å². The molecule has 0 radical (unpaired) electrons. The van der Waals surface area contributed by atoms with Crippen molar-refractivity contribution in [3.05, 3.63) is 0 Å². The van der Waals surface area contributed by atoms with E-state index >= 15 is 0 Å². The molecule has 21 heavy (non-hydrogen) atoms. The molecule has 2 aliphatic carbocycles. The van der Waals surface area contributed by atoms with Crippen molar-refractivity contribution in [3.63, 3.8) is 0 Å². The van der Waals surface area contributed by atoms with Crippen molar-refractivity contribution in [2.45, 2.75) is 68.1 Å². The smallest absolute Gasteiger partial charge is 0.248 e. The van der Waals surface area contributed by atoms with Gasteiger partial charge in [0.2, 0.25) is 11.8 Å². The fraction of sp³-hybridized carbons (Fsp3) is 0.875. The summed E-state index contributed by atoms with van der Waals surface area (Å²) in [5.41, 5.74) is -0.566. The predicted octanol–water partition coefficient (Wildman–Crippen LogP) is 2.32. The van der Waals surface area contributed by atoms with E-state index in [1.807, 2.05) is 16.7 Å². The number of thioether (sulfide) groups is 1. The zero-order chi connectivity index (χ0) is 14.9. The third-order valence-corrected chi connectivity index (χ3v) is 6.95. The standard InChI is InChI=1S/C16H26N2O2S/c1-21-15(7-3-2-4-8-15)12-18-11-13(19)17-16(14(18)20)9-5-6-10-16/h2-12H2,1H3,(H,17,19). The number of carbonyl (C=O) groups is 2. The Morgan fingerprint density at radius 3 is 2.29 bits per heavy atom. The van der Waals surface area contributed by atoms with Crippen LogP contribution in [-0.2, 0) is 9.59 Å². The number of hydrogen-bond acceptors (Lipinski definition) is 3. The second-order valence-corrected chi connectivity index (χ2v) is 8.22. The van der Waals surface area contributed by atoms with Gasteiger partial charge in [0.05, 0.1) is 6.54 Å². The Balaban J connectivity index is 1.77. The Morgan fingerprint density at radius 1 is 1.05 bits per heavy atom. The van der Waals surface area contributed by atoms with Crippen molar-refractivity contribution in [1.29, 1.82) is 0 Å². The molecular formula is C16H26N2O2S. The zero-order valence-electron chi connectivity index (χ0n) is 13.0. The first-order valence-corrected chi connectivity index (χ1v) is 9.47. The third-order valence-electron chi connectivity index (χ3n) is 5.54. The molecule has 3 fully saturated rings. The highest BCUT2D eigenvalue weighted by Crippen LogP contribution is 2.41. The van der Waals surface area contributed by atoms with Gasteiger partial charge in [-0.05, 0) is 31.9 Å². The lowest BCUT2D eigenvalue weighted by Gasteiger charge is -2.45. The van der Waals surface area contributed by atoms with E-state index in [1.165, 1.54) is 32.1 Å². The highest BCUT2D eigenvalue weighted by molar-refractivity contribution is 8.00. The molecule has 4 nitrogen and oxygen atoms in total.